The normalized spacial score (nSPS) is 10.9. The highest BCUT2D eigenvalue weighted by Crippen LogP contribution is 2.14. The van der Waals surface area contributed by atoms with Gasteiger partial charge in [0.1, 0.15) is 5.82 Å². The molecule has 0 radical (unpaired) electrons. The molecule has 1 aromatic carbocycles. The van der Waals surface area contributed by atoms with Crippen LogP contribution in [0.4, 0.5) is 13.2 Å². The molecule has 1 aromatic rings. The standard InChI is InChI=1S/C13H18F3NO2/c1-18-6-3-17-4-7-19-5-2-10-8-12(15)13(16)9-11(10)14/h8-9,17H,2-7H2,1H3. The molecule has 0 spiro atoms. The molecular weight excluding hydrogens is 259 g/mol. The number of benzene rings is 1. The highest BCUT2D eigenvalue weighted by Gasteiger charge is 2.09. The number of hydrogen-bond acceptors (Lipinski definition) is 3. The van der Waals surface area contributed by atoms with Crippen LogP contribution in [0.2, 0.25) is 0 Å². The molecule has 0 atom stereocenters. The summed E-state index contributed by atoms with van der Waals surface area (Å²) >= 11 is 0. The van der Waals surface area contributed by atoms with Crippen molar-refractivity contribution in [2.24, 2.45) is 0 Å². The lowest BCUT2D eigenvalue weighted by Crippen LogP contribution is -2.23. The van der Waals surface area contributed by atoms with E-state index in [1.165, 1.54) is 0 Å². The maximum Gasteiger partial charge on any atom is 0.161 e. The van der Waals surface area contributed by atoms with Gasteiger partial charge in [-0.25, -0.2) is 13.2 Å². The summed E-state index contributed by atoms with van der Waals surface area (Å²) in [6, 6.07) is 1.42. The third kappa shape index (κ3) is 6.04. The number of halogens is 3. The van der Waals surface area contributed by atoms with Crippen molar-refractivity contribution in [1.29, 1.82) is 0 Å². The molecule has 0 saturated heterocycles. The molecule has 0 aliphatic heterocycles. The molecule has 108 valence electrons. The molecule has 0 fully saturated rings. The van der Waals surface area contributed by atoms with E-state index in [1.54, 1.807) is 7.11 Å². The van der Waals surface area contributed by atoms with Crippen LogP contribution in [0, 0.1) is 17.5 Å². The summed E-state index contributed by atoms with van der Waals surface area (Å²) in [7, 11) is 1.62. The van der Waals surface area contributed by atoms with E-state index in [9.17, 15) is 13.2 Å². The first kappa shape index (κ1) is 15.9. The van der Waals surface area contributed by atoms with Gasteiger partial charge in [-0.2, -0.15) is 0 Å². The second kappa shape index (κ2) is 8.90. The van der Waals surface area contributed by atoms with Crippen LogP contribution in [0.5, 0.6) is 0 Å². The molecule has 0 aliphatic rings. The minimum atomic E-state index is -1.18. The van der Waals surface area contributed by atoms with Gasteiger partial charge in [0, 0.05) is 26.3 Å². The van der Waals surface area contributed by atoms with Gasteiger partial charge in [-0.1, -0.05) is 0 Å². The average Bonchev–Trinajstić information content (AvgIpc) is 2.38. The fraction of sp³-hybridized carbons (Fsp3) is 0.538. The van der Waals surface area contributed by atoms with Crippen molar-refractivity contribution in [3.05, 3.63) is 35.1 Å². The minimum Gasteiger partial charge on any atom is -0.383 e. The Morgan fingerprint density at radius 1 is 0.947 bits per heavy atom. The molecule has 1 N–H and O–H groups in total. The molecule has 0 unspecified atom stereocenters. The van der Waals surface area contributed by atoms with Gasteiger partial charge >= 0.3 is 0 Å². The van der Waals surface area contributed by atoms with Gasteiger partial charge in [0.2, 0.25) is 0 Å². The van der Waals surface area contributed by atoms with E-state index in [2.05, 4.69) is 5.32 Å². The molecule has 1 rings (SSSR count). The van der Waals surface area contributed by atoms with E-state index in [4.69, 9.17) is 9.47 Å². The maximum atomic E-state index is 13.3. The van der Waals surface area contributed by atoms with Crippen LogP contribution in [-0.4, -0.2) is 40.0 Å². The predicted octanol–water partition coefficient (Wildman–Crippen LogP) is 1.90. The van der Waals surface area contributed by atoms with E-state index < -0.39 is 17.5 Å². The largest absolute Gasteiger partial charge is 0.383 e. The Morgan fingerprint density at radius 3 is 2.37 bits per heavy atom. The van der Waals surface area contributed by atoms with Crippen LogP contribution in [0.1, 0.15) is 5.56 Å². The van der Waals surface area contributed by atoms with Crippen molar-refractivity contribution in [3.63, 3.8) is 0 Å². The van der Waals surface area contributed by atoms with E-state index in [-0.39, 0.29) is 18.6 Å². The third-order valence-electron chi connectivity index (χ3n) is 2.51. The Balaban J connectivity index is 2.17. The predicted molar refractivity (Wildman–Crippen MR) is 65.6 cm³/mol. The zero-order valence-electron chi connectivity index (χ0n) is 10.8. The third-order valence-corrected chi connectivity index (χ3v) is 2.51. The van der Waals surface area contributed by atoms with Crippen LogP contribution >= 0.6 is 0 Å². The van der Waals surface area contributed by atoms with Crippen LogP contribution < -0.4 is 5.32 Å². The first-order chi connectivity index (χ1) is 9.15. The lowest BCUT2D eigenvalue weighted by Gasteiger charge is -2.07. The molecule has 19 heavy (non-hydrogen) atoms. The van der Waals surface area contributed by atoms with E-state index >= 15 is 0 Å². The molecular formula is C13H18F3NO2. The van der Waals surface area contributed by atoms with Crippen molar-refractivity contribution in [3.8, 4) is 0 Å². The average molecular weight is 277 g/mol. The number of hydrogen-bond donors (Lipinski definition) is 1. The fourth-order valence-electron chi connectivity index (χ4n) is 1.48. The molecule has 3 nitrogen and oxygen atoms in total. The maximum absolute atomic E-state index is 13.3. The molecule has 0 amide bonds. The Bertz CT molecular complexity index is 388. The van der Waals surface area contributed by atoms with Gasteiger partial charge in [-0.3, -0.25) is 0 Å². The van der Waals surface area contributed by atoms with Crippen molar-refractivity contribution >= 4 is 0 Å². The van der Waals surface area contributed by atoms with Crippen molar-refractivity contribution in [2.45, 2.75) is 6.42 Å². The van der Waals surface area contributed by atoms with Crippen LogP contribution in [-0.2, 0) is 15.9 Å². The number of methoxy groups -OCH3 is 1. The summed E-state index contributed by atoms with van der Waals surface area (Å²) in [6.07, 6.45) is 0.209. The summed E-state index contributed by atoms with van der Waals surface area (Å²) in [5.41, 5.74) is 0.117. The molecule has 0 heterocycles. The summed E-state index contributed by atoms with van der Waals surface area (Å²) in [4.78, 5) is 0. The molecule has 0 bridgehead atoms. The van der Waals surface area contributed by atoms with Gasteiger partial charge in [-0.05, 0) is 18.1 Å². The zero-order chi connectivity index (χ0) is 14.1. The molecule has 0 saturated carbocycles. The van der Waals surface area contributed by atoms with Crippen LogP contribution in [0.25, 0.3) is 0 Å². The number of nitrogens with one attached hydrogen (secondary N) is 1. The topological polar surface area (TPSA) is 30.5 Å². The summed E-state index contributed by atoms with van der Waals surface area (Å²) in [6.45, 7) is 2.74. The lowest BCUT2D eigenvalue weighted by molar-refractivity contribution is 0.134. The van der Waals surface area contributed by atoms with Crippen LogP contribution in [0.3, 0.4) is 0 Å². The molecule has 0 aromatic heterocycles. The molecule has 0 aliphatic carbocycles. The van der Waals surface area contributed by atoms with E-state index in [0.29, 0.717) is 25.8 Å². The van der Waals surface area contributed by atoms with Gasteiger partial charge in [0.15, 0.2) is 11.6 Å². The van der Waals surface area contributed by atoms with Crippen LogP contribution in [0.15, 0.2) is 12.1 Å². The first-order valence-electron chi connectivity index (χ1n) is 6.06. The van der Waals surface area contributed by atoms with Crippen molar-refractivity contribution in [2.75, 3.05) is 40.0 Å². The monoisotopic (exact) mass is 277 g/mol. The Kier molecular flexibility index (Phi) is 7.47. The Hall–Kier alpha value is -1.11. The van der Waals surface area contributed by atoms with Crippen molar-refractivity contribution < 1.29 is 22.6 Å². The van der Waals surface area contributed by atoms with Gasteiger partial charge < -0.3 is 14.8 Å². The smallest absolute Gasteiger partial charge is 0.161 e. The van der Waals surface area contributed by atoms with E-state index in [1.807, 2.05) is 0 Å². The minimum absolute atomic E-state index is 0.117. The lowest BCUT2D eigenvalue weighted by atomic mass is 10.1. The summed E-state index contributed by atoms with van der Waals surface area (Å²) in [5.74, 6) is -2.97. The highest BCUT2D eigenvalue weighted by molar-refractivity contribution is 5.20. The van der Waals surface area contributed by atoms with E-state index in [0.717, 1.165) is 12.6 Å². The fourth-order valence-corrected chi connectivity index (χ4v) is 1.48. The number of ether oxygens (including phenoxy) is 2. The zero-order valence-corrected chi connectivity index (χ0v) is 10.8. The van der Waals surface area contributed by atoms with Gasteiger partial charge in [0.05, 0.1) is 19.8 Å². The summed E-state index contributed by atoms with van der Waals surface area (Å²) in [5, 5.41) is 3.08. The SMILES string of the molecule is COCCNCCOCCc1cc(F)c(F)cc1F. The second-order valence-electron chi connectivity index (χ2n) is 3.96. The number of rotatable bonds is 9. The Morgan fingerprint density at radius 2 is 1.63 bits per heavy atom. The summed E-state index contributed by atoms with van der Waals surface area (Å²) < 4.78 is 49.0. The van der Waals surface area contributed by atoms with Gasteiger partial charge in [0.25, 0.3) is 0 Å². The molecule has 6 heteroatoms. The first-order valence-corrected chi connectivity index (χ1v) is 6.06. The van der Waals surface area contributed by atoms with Crippen molar-refractivity contribution in [1.82, 2.24) is 5.32 Å². The second-order valence-corrected chi connectivity index (χ2v) is 3.96. The van der Waals surface area contributed by atoms with Gasteiger partial charge in [-0.15, -0.1) is 0 Å². The highest BCUT2D eigenvalue weighted by atomic mass is 19.2. The quantitative estimate of drug-likeness (QED) is 0.552. The Labute approximate surface area is 110 Å².